The highest BCUT2D eigenvalue weighted by molar-refractivity contribution is 9.10. The number of aromatic amines is 1. The summed E-state index contributed by atoms with van der Waals surface area (Å²) in [5, 5.41) is 1.25. The quantitative estimate of drug-likeness (QED) is 0.440. The van der Waals surface area contributed by atoms with E-state index in [1.807, 2.05) is 6.07 Å². The molecule has 4 rings (SSSR count). The predicted octanol–water partition coefficient (Wildman–Crippen LogP) is 6.26. The highest BCUT2D eigenvalue weighted by Gasteiger charge is 2.14. The smallest absolute Gasteiger partial charge is 0.0544 e. The van der Waals surface area contributed by atoms with Crippen LogP contribution in [0.3, 0.4) is 0 Å². The van der Waals surface area contributed by atoms with Gasteiger partial charge in [0.05, 0.1) is 5.69 Å². The van der Waals surface area contributed by atoms with Gasteiger partial charge in [0.25, 0.3) is 0 Å². The van der Waals surface area contributed by atoms with Gasteiger partial charge in [-0.15, -0.1) is 0 Å². The zero-order chi connectivity index (χ0) is 14.9. The number of para-hydroxylation sites is 1. The second kappa shape index (κ2) is 5.47. The molecule has 0 radical (unpaired) electrons. The normalized spacial score (nSPS) is 11.0. The summed E-state index contributed by atoms with van der Waals surface area (Å²) in [4.78, 5) is 3.58. The van der Waals surface area contributed by atoms with Crippen LogP contribution in [0.2, 0.25) is 0 Å². The van der Waals surface area contributed by atoms with E-state index in [0.29, 0.717) is 0 Å². The Morgan fingerprint density at radius 3 is 2.09 bits per heavy atom. The summed E-state index contributed by atoms with van der Waals surface area (Å²) in [5.41, 5.74) is 6.02. The van der Waals surface area contributed by atoms with Crippen molar-refractivity contribution >= 4 is 26.8 Å². The van der Waals surface area contributed by atoms with Crippen LogP contribution in [0.4, 0.5) is 0 Å². The molecule has 1 N–H and O–H groups in total. The molecule has 1 aromatic heterocycles. The van der Waals surface area contributed by atoms with Crippen LogP contribution in [-0.2, 0) is 0 Å². The first-order valence-corrected chi connectivity index (χ1v) is 8.04. The molecule has 0 bridgehead atoms. The first kappa shape index (κ1) is 13.4. The van der Waals surface area contributed by atoms with E-state index in [1.165, 1.54) is 33.3 Å². The topological polar surface area (TPSA) is 15.8 Å². The number of fused-ring (bicyclic) bond motifs is 1. The molecule has 0 fully saturated rings. The van der Waals surface area contributed by atoms with E-state index in [0.717, 1.165) is 4.47 Å². The van der Waals surface area contributed by atoms with Gasteiger partial charge in [0, 0.05) is 20.9 Å². The molecule has 0 saturated heterocycles. The molecular weight excluding hydrogens is 334 g/mol. The number of hydrogen-bond donors (Lipinski definition) is 1. The van der Waals surface area contributed by atoms with Crippen molar-refractivity contribution in [2.24, 2.45) is 0 Å². The lowest BCUT2D eigenvalue weighted by molar-refractivity contribution is 1.45. The molecule has 1 heterocycles. The fourth-order valence-corrected chi connectivity index (χ4v) is 3.14. The van der Waals surface area contributed by atoms with E-state index in [1.54, 1.807) is 0 Å². The summed E-state index contributed by atoms with van der Waals surface area (Å²) >= 11 is 3.51. The lowest BCUT2D eigenvalue weighted by Gasteiger charge is -2.06. The van der Waals surface area contributed by atoms with Gasteiger partial charge in [0.1, 0.15) is 0 Å². The number of hydrogen-bond acceptors (Lipinski definition) is 0. The molecular formula is C20H14BrN. The molecule has 0 spiro atoms. The molecule has 0 aliphatic heterocycles. The molecule has 0 aliphatic carbocycles. The molecule has 4 aromatic rings. The first-order valence-electron chi connectivity index (χ1n) is 7.25. The van der Waals surface area contributed by atoms with Gasteiger partial charge in [0.2, 0.25) is 0 Å². The molecule has 0 saturated carbocycles. The van der Waals surface area contributed by atoms with Gasteiger partial charge in [-0.3, -0.25) is 0 Å². The van der Waals surface area contributed by atoms with E-state index < -0.39 is 0 Å². The number of halogens is 1. The fraction of sp³-hybridized carbons (Fsp3) is 0. The maximum Gasteiger partial charge on any atom is 0.0544 e. The Kier molecular flexibility index (Phi) is 3.32. The molecule has 22 heavy (non-hydrogen) atoms. The zero-order valence-corrected chi connectivity index (χ0v) is 13.5. The molecule has 1 nitrogen and oxygen atoms in total. The van der Waals surface area contributed by atoms with Gasteiger partial charge in [0.15, 0.2) is 0 Å². The predicted molar refractivity (Wildman–Crippen MR) is 96.9 cm³/mol. The zero-order valence-electron chi connectivity index (χ0n) is 11.9. The van der Waals surface area contributed by atoms with Crippen molar-refractivity contribution in [3.05, 3.63) is 83.3 Å². The minimum atomic E-state index is 1.09. The van der Waals surface area contributed by atoms with Gasteiger partial charge >= 0.3 is 0 Å². The Morgan fingerprint density at radius 2 is 1.32 bits per heavy atom. The minimum absolute atomic E-state index is 1.09. The van der Waals surface area contributed by atoms with Crippen LogP contribution in [0.1, 0.15) is 0 Å². The summed E-state index contributed by atoms with van der Waals surface area (Å²) in [6.45, 7) is 0. The minimum Gasteiger partial charge on any atom is -0.354 e. The largest absolute Gasteiger partial charge is 0.354 e. The molecule has 0 unspecified atom stereocenters. The second-order valence-corrected chi connectivity index (χ2v) is 6.21. The number of nitrogens with one attached hydrogen (secondary N) is 1. The lowest BCUT2D eigenvalue weighted by Crippen LogP contribution is -1.82. The summed E-state index contributed by atoms with van der Waals surface area (Å²) in [5.74, 6) is 0. The SMILES string of the molecule is Brc1ccc(-c2c(-c3ccccc3)[nH]c3ccccc23)cc1. The third-order valence-electron chi connectivity index (χ3n) is 3.90. The van der Waals surface area contributed by atoms with E-state index in [4.69, 9.17) is 0 Å². The number of aromatic nitrogens is 1. The van der Waals surface area contributed by atoms with Crippen LogP contribution < -0.4 is 0 Å². The lowest BCUT2D eigenvalue weighted by atomic mass is 9.98. The van der Waals surface area contributed by atoms with Gasteiger partial charge in [-0.2, -0.15) is 0 Å². The standard InChI is InChI=1S/C20H14BrN/c21-16-12-10-14(11-13-16)19-17-8-4-5-9-18(17)22-20(19)15-6-2-1-3-7-15/h1-13,22H. The van der Waals surface area contributed by atoms with Gasteiger partial charge in [-0.05, 0) is 29.3 Å². The van der Waals surface area contributed by atoms with E-state index in [2.05, 4.69) is 93.7 Å². The van der Waals surface area contributed by atoms with E-state index >= 15 is 0 Å². The molecule has 3 aromatic carbocycles. The Bertz CT molecular complexity index is 921. The van der Waals surface area contributed by atoms with Crippen LogP contribution >= 0.6 is 15.9 Å². The maximum absolute atomic E-state index is 3.58. The number of H-pyrrole nitrogens is 1. The highest BCUT2D eigenvalue weighted by Crippen LogP contribution is 2.38. The average molecular weight is 348 g/mol. The van der Waals surface area contributed by atoms with Crippen molar-refractivity contribution in [2.45, 2.75) is 0 Å². The van der Waals surface area contributed by atoms with Crippen molar-refractivity contribution in [3.63, 3.8) is 0 Å². The third kappa shape index (κ3) is 2.26. The van der Waals surface area contributed by atoms with Crippen LogP contribution in [0.15, 0.2) is 83.3 Å². The Hall–Kier alpha value is -2.32. The van der Waals surface area contributed by atoms with Crippen LogP contribution in [0.25, 0.3) is 33.3 Å². The van der Waals surface area contributed by atoms with E-state index in [-0.39, 0.29) is 0 Å². The van der Waals surface area contributed by atoms with Gasteiger partial charge in [-0.1, -0.05) is 76.6 Å². The van der Waals surface area contributed by atoms with Crippen LogP contribution in [0, 0.1) is 0 Å². The van der Waals surface area contributed by atoms with Gasteiger partial charge in [-0.25, -0.2) is 0 Å². The number of rotatable bonds is 2. The summed E-state index contributed by atoms with van der Waals surface area (Å²) in [6, 6.07) is 27.5. The summed E-state index contributed by atoms with van der Waals surface area (Å²) in [6.07, 6.45) is 0. The Labute approximate surface area is 137 Å². The van der Waals surface area contributed by atoms with Crippen molar-refractivity contribution in [1.82, 2.24) is 4.98 Å². The van der Waals surface area contributed by atoms with Crippen molar-refractivity contribution < 1.29 is 0 Å². The monoisotopic (exact) mass is 347 g/mol. The molecule has 2 heteroatoms. The van der Waals surface area contributed by atoms with Crippen molar-refractivity contribution in [1.29, 1.82) is 0 Å². The molecule has 106 valence electrons. The second-order valence-electron chi connectivity index (χ2n) is 5.29. The number of benzene rings is 3. The highest BCUT2D eigenvalue weighted by atomic mass is 79.9. The Balaban J connectivity index is 2.04. The third-order valence-corrected chi connectivity index (χ3v) is 4.43. The van der Waals surface area contributed by atoms with Crippen LogP contribution in [-0.4, -0.2) is 4.98 Å². The summed E-state index contributed by atoms with van der Waals surface area (Å²) < 4.78 is 1.09. The average Bonchev–Trinajstić information content (AvgIpc) is 2.96. The summed E-state index contributed by atoms with van der Waals surface area (Å²) in [7, 11) is 0. The van der Waals surface area contributed by atoms with Crippen molar-refractivity contribution in [3.8, 4) is 22.4 Å². The Morgan fingerprint density at radius 1 is 0.636 bits per heavy atom. The van der Waals surface area contributed by atoms with Crippen molar-refractivity contribution in [2.75, 3.05) is 0 Å². The molecule has 0 amide bonds. The fourth-order valence-electron chi connectivity index (χ4n) is 2.88. The maximum atomic E-state index is 3.58. The van der Waals surface area contributed by atoms with E-state index in [9.17, 15) is 0 Å². The molecule has 0 aliphatic rings. The molecule has 0 atom stereocenters. The van der Waals surface area contributed by atoms with Crippen LogP contribution in [0.5, 0.6) is 0 Å². The first-order chi connectivity index (χ1) is 10.8. The van der Waals surface area contributed by atoms with Gasteiger partial charge < -0.3 is 4.98 Å².